The average Bonchev–Trinajstić information content (AvgIpc) is 2.94. The molecule has 0 fully saturated rings. The number of carbonyl (C=O) groups is 2. The molecule has 0 aliphatic rings. The van der Waals surface area contributed by atoms with Crippen LogP contribution in [-0.4, -0.2) is 24.9 Å². The smallest absolute Gasteiger partial charge is 0.235 e. The predicted octanol–water partition coefficient (Wildman–Crippen LogP) is 6.66. The van der Waals surface area contributed by atoms with Crippen LogP contribution in [-0.2, 0) is 9.59 Å². The zero-order valence-electron chi connectivity index (χ0n) is 20.8. The monoisotopic (exact) mass is 476 g/mol. The number of amides is 2. The molecule has 0 aromatic heterocycles. The highest BCUT2D eigenvalue weighted by Gasteiger charge is 2.40. The van der Waals surface area contributed by atoms with Crippen molar-refractivity contribution in [1.82, 2.24) is 0 Å². The van der Waals surface area contributed by atoms with Crippen LogP contribution in [0.2, 0.25) is 0 Å². The first-order valence-corrected chi connectivity index (χ1v) is 12.5. The van der Waals surface area contributed by atoms with Crippen molar-refractivity contribution < 1.29 is 9.59 Å². The summed E-state index contributed by atoms with van der Waals surface area (Å²) in [4.78, 5) is 32.3. The highest BCUT2D eigenvalue weighted by Crippen LogP contribution is 2.38. The molecular weight excluding hydrogens is 444 g/mol. The number of hydrogen-bond acceptors (Lipinski definition) is 2. The molecule has 4 rings (SSSR count). The third kappa shape index (κ3) is 5.38. The summed E-state index contributed by atoms with van der Waals surface area (Å²) in [7, 11) is 0. The van der Waals surface area contributed by atoms with Crippen LogP contribution >= 0.6 is 0 Å². The SMILES string of the molecule is CCN(C(=O)C(c1ccccc1)C(C(=O)N(CC)c1ccccc1)c1ccccc1)c1ccccc1. The Morgan fingerprint density at radius 1 is 0.500 bits per heavy atom. The molecule has 0 saturated heterocycles. The maximum Gasteiger partial charge on any atom is 0.235 e. The molecule has 0 spiro atoms. The summed E-state index contributed by atoms with van der Waals surface area (Å²) in [5.41, 5.74) is 3.28. The van der Waals surface area contributed by atoms with Gasteiger partial charge in [0.25, 0.3) is 0 Å². The van der Waals surface area contributed by atoms with Crippen LogP contribution in [0.25, 0.3) is 0 Å². The molecular formula is C32H32N2O2. The minimum Gasteiger partial charge on any atom is -0.312 e. The van der Waals surface area contributed by atoms with Crippen molar-refractivity contribution in [3.05, 3.63) is 132 Å². The van der Waals surface area contributed by atoms with Crippen molar-refractivity contribution in [3.8, 4) is 0 Å². The molecule has 2 amide bonds. The van der Waals surface area contributed by atoms with Crippen LogP contribution < -0.4 is 9.80 Å². The lowest BCUT2D eigenvalue weighted by Gasteiger charge is -2.34. The van der Waals surface area contributed by atoms with Gasteiger partial charge >= 0.3 is 0 Å². The minimum absolute atomic E-state index is 0.0961. The number of anilines is 2. The van der Waals surface area contributed by atoms with E-state index in [1.54, 1.807) is 9.80 Å². The molecule has 4 heteroatoms. The molecule has 2 atom stereocenters. The Morgan fingerprint density at radius 3 is 1.06 bits per heavy atom. The van der Waals surface area contributed by atoms with Crippen LogP contribution in [0.5, 0.6) is 0 Å². The largest absolute Gasteiger partial charge is 0.312 e. The van der Waals surface area contributed by atoms with Crippen LogP contribution in [0.3, 0.4) is 0 Å². The van der Waals surface area contributed by atoms with E-state index in [9.17, 15) is 9.59 Å². The lowest BCUT2D eigenvalue weighted by atomic mass is 9.79. The molecule has 0 bridgehead atoms. The highest BCUT2D eigenvalue weighted by atomic mass is 16.2. The van der Waals surface area contributed by atoms with E-state index >= 15 is 0 Å². The van der Waals surface area contributed by atoms with Gasteiger partial charge in [0.15, 0.2) is 0 Å². The Kier molecular flexibility index (Phi) is 8.30. The minimum atomic E-state index is -0.695. The van der Waals surface area contributed by atoms with Gasteiger partial charge in [0.05, 0.1) is 11.8 Å². The second-order valence-electron chi connectivity index (χ2n) is 8.61. The standard InChI is InChI=1S/C32H32N2O2/c1-3-33(27-21-13-7-14-22-27)31(35)29(25-17-9-5-10-18-25)30(26-19-11-6-12-20-26)32(36)34(4-2)28-23-15-8-16-24-28/h5-24,29-30H,3-4H2,1-2H3. The topological polar surface area (TPSA) is 40.6 Å². The van der Waals surface area contributed by atoms with Gasteiger partial charge in [-0.15, -0.1) is 0 Å². The van der Waals surface area contributed by atoms with Gasteiger partial charge in [0, 0.05) is 24.5 Å². The predicted molar refractivity (Wildman–Crippen MR) is 147 cm³/mol. The molecule has 0 N–H and O–H groups in total. The fourth-order valence-corrected chi connectivity index (χ4v) is 4.76. The van der Waals surface area contributed by atoms with Crippen molar-refractivity contribution >= 4 is 23.2 Å². The van der Waals surface area contributed by atoms with Crippen molar-refractivity contribution in [3.63, 3.8) is 0 Å². The third-order valence-corrected chi connectivity index (χ3v) is 6.48. The summed E-state index contributed by atoms with van der Waals surface area (Å²) in [6, 6.07) is 38.7. The molecule has 0 radical (unpaired) electrons. The van der Waals surface area contributed by atoms with Gasteiger partial charge in [0.1, 0.15) is 0 Å². The Morgan fingerprint density at radius 2 is 0.778 bits per heavy atom. The van der Waals surface area contributed by atoms with E-state index in [0.717, 1.165) is 22.5 Å². The Bertz CT molecular complexity index is 1140. The lowest BCUT2D eigenvalue weighted by molar-refractivity contribution is -0.126. The van der Waals surface area contributed by atoms with Crippen molar-refractivity contribution in [1.29, 1.82) is 0 Å². The molecule has 0 aliphatic carbocycles. The zero-order valence-corrected chi connectivity index (χ0v) is 20.8. The van der Waals surface area contributed by atoms with E-state index in [1.165, 1.54) is 0 Å². The summed E-state index contributed by atoms with van der Waals surface area (Å²) in [6.45, 7) is 4.93. The third-order valence-electron chi connectivity index (χ3n) is 6.48. The second kappa shape index (κ2) is 12.0. The highest BCUT2D eigenvalue weighted by molar-refractivity contribution is 6.06. The van der Waals surface area contributed by atoms with E-state index in [0.29, 0.717) is 13.1 Å². The molecule has 0 heterocycles. The van der Waals surface area contributed by atoms with Gasteiger partial charge < -0.3 is 9.80 Å². The van der Waals surface area contributed by atoms with E-state index < -0.39 is 11.8 Å². The van der Waals surface area contributed by atoms with Crippen LogP contribution in [0.15, 0.2) is 121 Å². The Labute approximate surface area is 213 Å². The molecule has 4 aromatic carbocycles. The number of carbonyl (C=O) groups excluding carboxylic acids is 2. The summed E-state index contributed by atoms with van der Waals surface area (Å²) >= 11 is 0. The second-order valence-corrected chi connectivity index (χ2v) is 8.61. The first kappa shape index (κ1) is 24.9. The normalized spacial score (nSPS) is 12.4. The average molecular weight is 477 g/mol. The molecule has 2 unspecified atom stereocenters. The summed E-state index contributed by atoms with van der Waals surface area (Å²) in [5.74, 6) is -1.58. The molecule has 4 aromatic rings. The number of likely N-dealkylation sites (N-methyl/N-ethyl adjacent to an activating group) is 2. The van der Waals surface area contributed by atoms with Gasteiger partial charge in [-0.25, -0.2) is 0 Å². The van der Waals surface area contributed by atoms with Crippen LogP contribution in [0, 0.1) is 0 Å². The fraction of sp³-hybridized carbons (Fsp3) is 0.188. The molecule has 36 heavy (non-hydrogen) atoms. The summed E-state index contributed by atoms with van der Waals surface area (Å²) in [6.07, 6.45) is 0. The molecule has 0 saturated carbocycles. The van der Waals surface area contributed by atoms with E-state index in [1.807, 2.05) is 135 Å². The Hall–Kier alpha value is -4.18. The molecule has 4 nitrogen and oxygen atoms in total. The van der Waals surface area contributed by atoms with Crippen molar-refractivity contribution in [2.24, 2.45) is 0 Å². The van der Waals surface area contributed by atoms with Gasteiger partial charge in [-0.2, -0.15) is 0 Å². The van der Waals surface area contributed by atoms with Gasteiger partial charge in [0.2, 0.25) is 11.8 Å². The maximum atomic E-state index is 14.4. The molecule has 182 valence electrons. The van der Waals surface area contributed by atoms with E-state index in [4.69, 9.17) is 0 Å². The van der Waals surface area contributed by atoms with Gasteiger partial charge in [-0.1, -0.05) is 97.1 Å². The Balaban J connectivity index is 1.87. The first-order valence-electron chi connectivity index (χ1n) is 12.5. The number of nitrogens with zero attached hydrogens (tertiary/aromatic N) is 2. The summed E-state index contributed by atoms with van der Waals surface area (Å²) in [5, 5.41) is 0. The van der Waals surface area contributed by atoms with Crippen molar-refractivity contribution in [2.75, 3.05) is 22.9 Å². The van der Waals surface area contributed by atoms with E-state index in [2.05, 4.69) is 0 Å². The number of benzene rings is 4. The van der Waals surface area contributed by atoms with E-state index in [-0.39, 0.29) is 11.8 Å². The lowest BCUT2D eigenvalue weighted by Crippen LogP contribution is -2.43. The van der Waals surface area contributed by atoms with Gasteiger partial charge in [-0.3, -0.25) is 9.59 Å². The molecule has 0 aliphatic heterocycles. The number of rotatable bonds is 9. The van der Waals surface area contributed by atoms with Crippen LogP contribution in [0.4, 0.5) is 11.4 Å². The first-order chi connectivity index (χ1) is 17.7. The van der Waals surface area contributed by atoms with Gasteiger partial charge in [-0.05, 0) is 49.2 Å². The van der Waals surface area contributed by atoms with Crippen LogP contribution in [0.1, 0.15) is 36.8 Å². The van der Waals surface area contributed by atoms with Crippen molar-refractivity contribution in [2.45, 2.75) is 25.7 Å². The maximum absolute atomic E-state index is 14.4. The number of hydrogen-bond donors (Lipinski definition) is 0. The quantitative estimate of drug-likeness (QED) is 0.271. The zero-order chi connectivity index (χ0) is 25.3. The fourth-order valence-electron chi connectivity index (χ4n) is 4.76. The summed E-state index contributed by atoms with van der Waals surface area (Å²) < 4.78 is 0. The number of para-hydroxylation sites is 2.